The summed E-state index contributed by atoms with van der Waals surface area (Å²) in [4.78, 5) is 16.4. The Hall–Kier alpha value is -3.68. The fourth-order valence-electron chi connectivity index (χ4n) is 5.56. The molecule has 0 unspecified atom stereocenters. The van der Waals surface area contributed by atoms with E-state index in [1.54, 1.807) is 7.11 Å². The Balaban J connectivity index is 1.22. The highest BCUT2D eigenvalue weighted by molar-refractivity contribution is 5.89. The number of hydrogen-bond acceptors (Lipinski definition) is 7. The number of methoxy groups -OCH3 is 1. The molecule has 6 rings (SSSR count). The van der Waals surface area contributed by atoms with Crippen LogP contribution in [0.5, 0.6) is 11.5 Å². The summed E-state index contributed by atoms with van der Waals surface area (Å²) < 4.78 is 11.9. The SMILES string of the molecule is COc1ccccc1N1CCCN(Cc2cc3c(c4ncccc24)OCN(Cc2cccnc2)C3)CC1. The first-order chi connectivity index (χ1) is 18.3. The van der Waals surface area contributed by atoms with Gasteiger partial charge in [0, 0.05) is 75.4 Å². The van der Waals surface area contributed by atoms with Gasteiger partial charge in [-0.25, -0.2) is 0 Å². The molecule has 2 aromatic carbocycles. The van der Waals surface area contributed by atoms with Crippen molar-refractivity contribution in [2.24, 2.45) is 0 Å². The van der Waals surface area contributed by atoms with Crippen LogP contribution in [0.15, 0.2) is 73.2 Å². The monoisotopic (exact) mass is 495 g/mol. The fraction of sp³-hybridized carbons (Fsp3) is 0.333. The maximum atomic E-state index is 6.28. The third-order valence-electron chi connectivity index (χ3n) is 7.33. The van der Waals surface area contributed by atoms with Crippen molar-refractivity contribution in [2.75, 3.05) is 44.9 Å². The van der Waals surface area contributed by atoms with Crippen molar-refractivity contribution in [3.05, 3.63) is 89.9 Å². The average molecular weight is 496 g/mol. The first-order valence-corrected chi connectivity index (χ1v) is 13.0. The van der Waals surface area contributed by atoms with Crippen molar-refractivity contribution < 1.29 is 9.47 Å². The van der Waals surface area contributed by atoms with Gasteiger partial charge in [0.1, 0.15) is 18.0 Å². The van der Waals surface area contributed by atoms with Crippen molar-refractivity contribution in [2.45, 2.75) is 26.1 Å². The van der Waals surface area contributed by atoms with Gasteiger partial charge in [-0.05, 0) is 47.9 Å². The van der Waals surface area contributed by atoms with E-state index >= 15 is 0 Å². The lowest BCUT2D eigenvalue weighted by atomic mass is 10.0. The van der Waals surface area contributed by atoms with Crippen molar-refractivity contribution in [1.29, 1.82) is 0 Å². The minimum atomic E-state index is 0.553. The number of benzene rings is 2. The molecule has 2 aliphatic heterocycles. The summed E-state index contributed by atoms with van der Waals surface area (Å²) >= 11 is 0. The molecule has 7 nitrogen and oxygen atoms in total. The molecule has 0 bridgehead atoms. The maximum absolute atomic E-state index is 6.28. The van der Waals surface area contributed by atoms with Crippen molar-refractivity contribution in [3.63, 3.8) is 0 Å². The number of rotatable bonds is 6. The van der Waals surface area contributed by atoms with Crippen molar-refractivity contribution in [1.82, 2.24) is 19.8 Å². The molecule has 0 atom stereocenters. The molecule has 0 spiro atoms. The van der Waals surface area contributed by atoms with Crippen LogP contribution in [0.4, 0.5) is 5.69 Å². The van der Waals surface area contributed by atoms with Crippen LogP contribution in [-0.4, -0.2) is 59.8 Å². The minimum absolute atomic E-state index is 0.553. The first-order valence-electron chi connectivity index (χ1n) is 13.0. The average Bonchev–Trinajstić information content (AvgIpc) is 3.19. The number of fused-ring (bicyclic) bond motifs is 3. The Morgan fingerprint density at radius 2 is 1.84 bits per heavy atom. The van der Waals surface area contributed by atoms with Crippen LogP contribution in [0.3, 0.4) is 0 Å². The van der Waals surface area contributed by atoms with Gasteiger partial charge in [-0.15, -0.1) is 0 Å². The Morgan fingerprint density at radius 3 is 2.73 bits per heavy atom. The number of nitrogens with zero attached hydrogens (tertiary/aromatic N) is 5. The predicted molar refractivity (Wildman–Crippen MR) is 146 cm³/mol. The van der Waals surface area contributed by atoms with Crippen LogP contribution in [-0.2, 0) is 19.6 Å². The van der Waals surface area contributed by atoms with E-state index < -0.39 is 0 Å². The molecule has 4 heterocycles. The number of ether oxygens (including phenoxy) is 2. The van der Waals surface area contributed by atoms with Gasteiger partial charge in [-0.1, -0.05) is 24.3 Å². The molecule has 4 aromatic rings. The van der Waals surface area contributed by atoms with Gasteiger partial charge < -0.3 is 14.4 Å². The lowest BCUT2D eigenvalue weighted by Gasteiger charge is -2.30. The molecule has 2 aromatic heterocycles. The molecule has 0 saturated carbocycles. The summed E-state index contributed by atoms with van der Waals surface area (Å²) in [5.74, 6) is 1.87. The molecule has 190 valence electrons. The minimum Gasteiger partial charge on any atom is -0.495 e. The Labute approximate surface area is 218 Å². The third kappa shape index (κ3) is 5.10. The van der Waals surface area contributed by atoms with Gasteiger partial charge in [0.2, 0.25) is 0 Å². The molecule has 2 aliphatic rings. The van der Waals surface area contributed by atoms with E-state index in [1.807, 2.05) is 42.9 Å². The van der Waals surface area contributed by atoms with Crippen LogP contribution in [0.25, 0.3) is 10.9 Å². The van der Waals surface area contributed by atoms with Gasteiger partial charge in [0.05, 0.1) is 12.8 Å². The molecule has 0 radical (unpaired) electrons. The summed E-state index contributed by atoms with van der Waals surface area (Å²) in [6.45, 7) is 7.17. The van der Waals surface area contributed by atoms with E-state index in [0.29, 0.717) is 6.73 Å². The Kier molecular flexibility index (Phi) is 6.88. The fourth-order valence-corrected chi connectivity index (χ4v) is 5.56. The molecule has 1 saturated heterocycles. The number of aromatic nitrogens is 2. The number of para-hydroxylation sites is 2. The molecular formula is C30H33N5O2. The summed E-state index contributed by atoms with van der Waals surface area (Å²) in [6.07, 6.45) is 6.72. The molecule has 0 amide bonds. The zero-order valence-corrected chi connectivity index (χ0v) is 21.3. The first kappa shape index (κ1) is 23.7. The largest absolute Gasteiger partial charge is 0.495 e. The summed E-state index contributed by atoms with van der Waals surface area (Å²) in [5.41, 5.74) is 5.88. The second-order valence-electron chi connectivity index (χ2n) is 9.83. The van der Waals surface area contributed by atoms with E-state index in [0.717, 1.165) is 69.2 Å². The zero-order valence-electron chi connectivity index (χ0n) is 21.3. The maximum Gasteiger partial charge on any atom is 0.152 e. The van der Waals surface area contributed by atoms with E-state index in [1.165, 1.54) is 27.8 Å². The topological polar surface area (TPSA) is 54.0 Å². The van der Waals surface area contributed by atoms with Crippen LogP contribution < -0.4 is 14.4 Å². The molecule has 0 aliphatic carbocycles. The van der Waals surface area contributed by atoms with Gasteiger partial charge in [0.25, 0.3) is 0 Å². The van der Waals surface area contributed by atoms with Gasteiger partial charge in [-0.2, -0.15) is 0 Å². The second-order valence-corrected chi connectivity index (χ2v) is 9.83. The number of anilines is 1. The van der Waals surface area contributed by atoms with Gasteiger partial charge >= 0.3 is 0 Å². The van der Waals surface area contributed by atoms with E-state index in [2.05, 4.69) is 50.0 Å². The highest BCUT2D eigenvalue weighted by Gasteiger charge is 2.24. The second kappa shape index (κ2) is 10.7. The lowest BCUT2D eigenvalue weighted by Crippen LogP contribution is -2.32. The van der Waals surface area contributed by atoms with E-state index in [-0.39, 0.29) is 0 Å². The molecule has 37 heavy (non-hydrogen) atoms. The number of hydrogen-bond donors (Lipinski definition) is 0. The highest BCUT2D eigenvalue weighted by Crippen LogP contribution is 2.36. The summed E-state index contributed by atoms with van der Waals surface area (Å²) in [6, 6.07) is 19.0. The van der Waals surface area contributed by atoms with E-state index in [4.69, 9.17) is 14.5 Å². The van der Waals surface area contributed by atoms with Crippen LogP contribution in [0, 0.1) is 0 Å². The Bertz CT molecular complexity index is 1360. The van der Waals surface area contributed by atoms with Crippen LogP contribution in [0.1, 0.15) is 23.1 Å². The summed E-state index contributed by atoms with van der Waals surface area (Å²) in [5, 5.41) is 1.19. The summed E-state index contributed by atoms with van der Waals surface area (Å²) in [7, 11) is 1.75. The Morgan fingerprint density at radius 1 is 0.919 bits per heavy atom. The third-order valence-corrected chi connectivity index (χ3v) is 7.33. The lowest BCUT2D eigenvalue weighted by molar-refractivity contribution is 0.0899. The zero-order chi connectivity index (χ0) is 25.0. The van der Waals surface area contributed by atoms with Crippen molar-refractivity contribution in [3.8, 4) is 11.5 Å². The molecule has 7 heteroatoms. The molecule has 1 fully saturated rings. The van der Waals surface area contributed by atoms with Gasteiger partial charge in [-0.3, -0.25) is 19.8 Å². The van der Waals surface area contributed by atoms with Gasteiger partial charge in [0.15, 0.2) is 5.75 Å². The predicted octanol–water partition coefficient (Wildman–Crippen LogP) is 4.70. The van der Waals surface area contributed by atoms with E-state index in [9.17, 15) is 0 Å². The molecule has 0 N–H and O–H groups in total. The normalized spacial score (nSPS) is 16.7. The standard InChI is InChI=1S/C30H33N5O2/c1-36-28-10-3-2-9-27(28)35-14-6-13-33(15-16-35)20-24-17-25-21-34(19-23-7-4-11-31-18-23)22-37-30(25)29-26(24)8-5-12-32-29/h2-5,7-12,17-18H,6,13-16,19-22H2,1H3. The molecular weight excluding hydrogens is 462 g/mol. The quantitative estimate of drug-likeness (QED) is 0.384. The highest BCUT2D eigenvalue weighted by atomic mass is 16.5. The van der Waals surface area contributed by atoms with Crippen LogP contribution >= 0.6 is 0 Å². The van der Waals surface area contributed by atoms with Crippen LogP contribution in [0.2, 0.25) is 0 Å². The smallest absolute Gasteiger partial charge is 0.152 e. The number of pyridine rings is 2. The van der Waals surface area contributed by atoms with Crippen molar-refractivity contribution >= 4 is 16.6 Å².